The van der Waals surface area contributed by atoms with Crippen molar-refractivity contribution in [2.24, 2.45) is 0 Å². The van der Waals surface area contributed by atoms with Gasteiger partial charge in [0.15, 0.2) is 5.82 Å². The lowest BCUT2D eigenvalue weighted by Crippen LogP contribution is -1.96. The first-order valence-electron chi connectivity index (χ1n) is 4.28. The van der Waals surface area contributed by atoms with E-state index in [2.05, 4.69) is 10.1 Å². The van der Waals surface area contributed by atoms with Crippen LogP contribution in [0.25, 0.3) is 0 Å². The van der Waals surface area contributed by atoms with Gasteiger partial charge >= 0.3 is 0 Å². The lowest BCUT2D eigenvalue weighted by Gasteiger charge is -2.00. The van der Waals surface area contributed by atoms with Crippen molar-refractivity contribution in [2.45, 2.75) is 39.2 Å². The largest absolute Gasteiger partial charge is 0.383 e. The number of nitrogens with zero attached hydrogens (tertiary/aromatic N) is 2. The molecule has 12 heavy (non-hydrogen) atoms. The van der Waals surface area contributed by atoms with Gasteiger partial charge in [-0.3, -0.25) is 0 Å². The van der Waals surface area contributed by atoms with Crippen LogP contribution in [-0.4, -0.2) is 15.2 Å². The Morgan fingerprint density at radius 2 is 2.25 bits per heavy atom. The molecule has 1 N–H and O–H groups in total. The summed E-state index contributed by atoms with van der Waals surface area (Å²) in [6.45, 7) is 3.95. The zero-order chi connectivity index (χ0) is 8.97. The molecule has 1 rings (SSSR count). The maximum atomic E-state index is 9.43. The van der Waals surface area contributed by atoms with Gasteiger partial charge in [0.25, 0.3) is 5.89 Å². The van der Waals surface area contributed by atoms with E-state index in [9.17, 15) is 5.11 Å². The van der Waals surface area contributed by atoms with E-state index >= 15 is 0 Å². The summed E-state index contributed by atoms with van der Waals surface area (Å²) in [4.78, 5) is 4.02. The monoisotopic (exact) mass is 170 g/mol. The van der Waals surface area contributed by atoms with E-state index in [1.807, 2.05) is 13.8 Å². The van der Waals surface area contributed by atoms with Gasteiger partial charge in [-0.15, -0.1) is 0 Å². The fourth-order valence-electron chi connectivity index (χ4n) is 0.943. The lowest BCUT2D eigenvalue weighted by atomic mass is 10.2. The van der Waals surface area contributed by atoms with Crippen LogP contribution in [0, 0.1) is 0 Å². The molecule has 1 unspecified atom stereocenters. The SMILES string of the molecule is CCCC(O)c1nc(CC)no1. The predicted molar refractivity (Wildman–Crippen MR) is 43.5 cm³/mol. The third-order valence-corrected chi connectivity index (χ3v) is 1.65. The molecule has 0 saturated heterocycles. The Morgan fingerprint density at radius 3 is 2.75 bits per heavy atom. The summed E-state index contributed by atoms with van der Waals surface area (Å²) in [7, 11) is 0. The number of rotatable bonds is 4. The van der Waals surface area contributed by atoms with Crippen molar-refractivity contribution < 1.29 is 9.63 Å². The number of aliphatic hydroxyl groups is 1. The second-order valence-corrected chi connectivity index (χ2v) is 2.71. The number of hydrogen-bond donors (Lipinski definition) is 1. The van der Waals surface area contributed by atoms with E-state index in [4.69, 9.17) is 4.52 Å². The summed E-state index contributed by atoms with van der Waals surface area (Å²) < 4.78 is 4.86. The van der Waals surface area contributed by atoms with Gasteiger partial charge in [0.2, 0.25) is 0 Å². The molecule has 0 aliphatic carbocycles. The van der Waals surface area contributed by atoms with Gasteiger partial charge in [0.1, 0.15) is 6.10 Å². The minimum absolute atomic E-state index is 0.341. The van der Waals surface area contributed by atoms with Crippen molar-refractivity contribution in [3.8, 4) is 0 Å². The summed E-state index contributed by atoms with van der Waals surface area (Å²) >= 11 is 0. The highest BCUT2D eigenvalue weighted by atomic mass is 16.5. The number of aromatic nitrogens is 2. The van der Waals surface area contributed by atoms with Crippen molar-refractivity contribution in [2.75, 3.05) is 0 Å². The summed E-state index contributed by atoms with van der Waals surface area (Å²) in [5, 5.41) is 13.1. The summed E-state index contributed by atoms with van der Waals surface area (Å²) in [6, 6.07) is 0. The van der Waals surface area contributed by atoms with E-state index in [0.29, 0.717) is 18.1 Å². The molecule has 68 valence electrons. The quantitative estimate of drug-likeness (QED) is 0.743. The number of aliphatic hydroxyl groups excluding tert-OH is 1. The molecule has 1 aromatic heterocycles. The average Bonchev–Trinajstić information content (AvgIpc) is 2.52. The van der Waals surface area contributed by atoms with Gasteiger partial charge in [0.05, 0.1) is 0 Å². The molecule has 0 fully saturated rings. The van der Waals surface area contributed by atoms with E-state index in [1.165, 1.54) is 0 Å². The van der Waals surface area contributed by atoms with Crippen LogP contribution in [0.2, 0.25) is 0 Å². The van der Waals surface area contributed by atoms with Crippen LogP contribution in [0.15, 0.2) is 4.52 Å². The Kier molecular flexibility index (Phi) is 3.22. The van der Waals surface area contributed by atoms with Gasteiger partial charge in [-0.25, -0.2) is 0 Å². The topological polar surface area (TPSA) is 59.2 Å². The van der Waals surface area contributed by atoms with Crippen LogP contribution in [0.1, 0.15) is 44.5 Å². The van der Waals surface area contributed by atoms with Crippen LogP contribution in [0.4, 0.5) is 0 Å². The highest BCUT2D eigenvalue weighted by Crippen LogP contribution is 2.15. The van der Waals surface area contributed by atoms with Gasteiger partial charge in [-0.1, -0.05) is 25.4 Å². The molecule has 4 nitrogen and oxygen atoms in total. The van der Waals surface area contributed by atoms with Gasteiger partial charge < -0.3 is 9.63 Å². The predicted octanol–water partition coefficient (Wildman–Crippen LogP) is 1.47. The van der Waals surface area contributed by atoms with Crippen LogP contribution >= 0.6 is 0 Å². The molecule has 0 amide bonds. The fourth-order valence-corrected chi connectivity index (χ4v) is 0.943. The Bertz CT molecular complexity index is 235. The molecule has 1 aromatic rings. The molecular weight excluding hydrogens is 156 g/mol. The maximum absolute atomic E-state index is 9.43. The van der Waals surface area contributed by atoms with E-state index in [0.717, 1.165) is 12.8 Å². The van der Waals surface area contributed by atoms with Crippen molar-refractivity contribution in [1.29, 1.82) is 0 Å². The third kappa shape index (κ3) is 2.04. The molecule has 4 heteroatoms. The minimum atomic E-state index is -0.595. The zero-order valence-electron chi connectivity index (χ0n) is 7.45. The highest BCUT2D eigenvalue weighted by Gasteiger charge is 2.13. The summed E-state index contributed by atoms with van der Waals surface area (Å²) in [6.07, 6.45) is 1.72. The zero-order valence-corrected chi connectivity index (χ0v) is 7.45. The van der Waals surface area contributed by atoms with Crippen molar-refractivity contribution in [3.63, 3.8) is 0 Å². The van der Waals surface area contributed by atoms with Gasteiger partial charge in [0, 0.05) is 6.42 Å². The molecular formula is C8H14N2O2. The molecule has 0 radical (unpaired) electrons. The molecule has 0 aromatic carbocycles. The highest BCUT2D eigenvalue weighted by molar-refractivity contribution is 4.88. The third-order valence-electron chi connectivity index (χ3n) is 1.65. The molecule has 1 heterocycles. The molecule has 0 aliphatic heterocycles. The van der Waals surface area contributed by atoms with Crippen molar-refractivity contribution in [1.82, 2.24) is 10.1 Å². The Balaban J connectivity index is 2.61. The van der Waals surface area contributed by atoms with E-state index < -0.39 is 6.10 Å². The van der Waals surface area contributed by atoms with E-state index in [-0.39, 0.29) is 0 Å². The number of hydrogen-bond acceptors (Lipinski definition) is 4. The fraction of sp³-hybridized carbons (Fsp3) is 0.750. The molecule has 1 atom stereocenters. The first-order valence-corrected chi connectivity index (χ1v) is 4.28. The Labute approximate surface area is 71.6 Å². The molecule has 0 aliphatic rings. The summed E-state index contributed by atoms with van der Waals surface area (Å²) in [5.41, 5.74) is 0. The average molecular weight is 170 g/mol. The van der Waals surface area contributed by atoms with Crippen LogP contribution < -0.4 is 0 Å². The second-order valence-electron chi connectivity index (χ2n) is 2.71. The maximum Gasteiger partial charge on any atom is 0.255 e. The minimum Gasteiger partial charge on any atom is -0.383 e. The Morgan fingerprint density at radius 1 is 1.50 bits per heavy atom. The first kappa shape index (κ1) is 9.19. The Hall–Kier alpha value is -0.900. The smallest absolute Gasteiger partial charge is 0.255 e. The normalized spacial score (nSPS) is 13.2. The van der Waals surface area contributed by atoms with Crippen molar-refractivity contribution >= 4 is 0 Å². The lowest BCUT2D eigenvalue weighted by molar-refractivity contribution is 0.124. The first-order chi connectivity index (χ1) is 5.77. The second kappa shape index (κ2) is 4.21. The van der Waals surface area contributed by atoms with Gasteiger partial charge in [-0.05, 0) is 6.42 Å². The van der Waals surface area contributed by atoms with Crippen molar-refractivity contribution in [3.05, 3.63) is 11.7 Å². The van der Waals surface area contributed by atoms with Crippen LogP contribution in [0.5, 0.6) is 0 Å². The van der Waals surface area contributed by atoms with Gasteiger partial charge in [-0.2, -0.15) is 4.98 Å². The van der Waals surface area contributed by atoms with E-state index in [1.54, 1.807) is 0 Å². The number of aryl methyl sites for hydroxylation is 1. The molecule has 0 bridgehead atoms. The molecule has 0 spiro atoms. The summed E-state index contributed by atoms with van der Waals surface area (Å²) in [5.74, 6) is 0.994. The van der Waals surface area contributed by atoms with Crippen LogP contribution in [0.3, 0.4) is 0 Å². The van der Waals surface area contributed by atoms with Crippen LogP contribution in [-0.2, 0) is 6.42 Å². The molecule has 0 saturated carbocycles. The standard InChI is InChI=1S/C8H14N2O2/c1-3-5-6(11)8-9-7(4-2)10-12-8/h6,11H,3-5H2,1-2H3.